The van der Waals surface area contributed by atoms with E-state index in [2.05, 4.69) is 12.2 Å². The Morgan fingerprint density at radius 1 is 1.33 bits per heavy atom. The summed E-state index contributed by atoms with van der Waals surface area (Å²) in [5, 5.41) is 3.07. The number of rotatable bonds is 2. The molecule has 5 atom stereocenters. The topological polar surface area (TPSA) is 38.3 Å². The zero-order chi connectivity index (χ0) is 17.5. The molecule has 3 nitrogen and oxygen atoms in total. The number of carbonyl (C=O) groups is 1. The molecule has 0 bridgehead atoms. The molecular weight excluding hydrogens is 312 g/mol. The van der Waals surface area contributed by atoms with Gasteiger partial charge in [-0.05, 0) is 43.9 Å². The van der Waals surface area contributed by atoms with E-state index in [-0.39, 0.29) is 23.5 Å². The van der Waals surface area contributed by atoms with Crippen LogP contribution in [-0.4, -0.2) is 17.6 Å². The molecule has 1 aromatic rings. The van der Waals surface area contributed by atoms with E-state index in [9.17, 15) is 13.6 Å². The number of nitrogens with one attached hydrogen (secondary N) is 1. The van der Waals surface area contributed by atoms with Crippen molar-refractivity contribution < 1.29 is 18.3 Å². The van der Waals surface area contributed by atoms with Crippen LogP contribution in [0.5, 0.6) is 0 Å². The molecule has 1 aromatic carbocycles. The van der Waals surface area contributed by atoms with Crippen LogP contribution in [0.15, 0.2) is 18.2 Å². The van der Waals surface area contributed by atoms with E-state index in [4.69, 9.17) is 4.74 Å². The summed E-state index contributed by atoms with van der Waals surface area (Å²) >= 11 is 0. The smallest absolute Gasteiger partial charge is 0.217 e. The molecule has 24 heavy (non-hydrogen) atoms. The van der Waals surface area contributed by atoms with Crippen molar-refractivity contribution >= 4 is 5.91 Å². The third-order valence-electron chi connectivity index (χ3n) is 5.59. The Labute approximate surface area is 141 Å². The monoisotopic (exact) mass is 337 g/mol. The van der Waals surface area contributed by atoms with E-state index < -0.39 is 23.3 Å². The first-order chi connectivity index (χ1) is 11.3. The fourth-order valence-electron chi connectivity index (χ4n) is 4.49. The van der Waals surface area contributed by atoms with E-state index in [1.165, 1.54) is 13.0 Å². The maximum atomic E-state index is 14.2. The van der Waals surface area contributed by atoms with Crippen molar-refractivity contribution in [2.75, 3.05) is 0 Å². The van der Waals surface area contributed by atoms with Gasteiger partial charge in [-0.15, -0.1) is 0 Å². The minimum atomic E-state index is -0.552. The maximum absolute atomic E-state index is 14.2. The van der Waals surface area contributed by atoms with Gasteiger partial charge in [0.25, 0.3) is 0 Å². The van der Waals surface area contributed by atoms with Crippen molar-refractivity contribution in [1.82, 2.24) is 5.32 Å². The Morgan fingerprint density at radius 3 is 2.79 bits per heavy atom. The Morgan fingerprint density at radius 2 is 2.08 bits per heavy atom. The van der Waals surface area contributed by atoms with Crippen LogP contribution in [0.25, 0.3) is 0 Å². The van der Waals surface area contributed by atoms with Gasteiger partial charge in [-0.25, -0.2) is 8.78 Å². The van der Waals surface area contributed by atoms with E-state index >= 15 is 0 Å². The molecule has 1 aliphatic heterocycles. The molecule has 1 N–H and O–H groups in total. The number of hydrogen-bond donors (Lipinski definition) is 1. The fourth-order valence-corrected chi connectivity index (χ4v) is 4.49. The third-order valence-corrected chi connectivity index (χ3v) is 5.59. The summed E-state index contributed by atoms with van der Waals surface area (Å²) in [6, 6.07) is 3.46. The van der Waals surface area contributed by atoms with Crippen LogP contribution in [0, 0.1) is 23.5 Å². The third kappa shape index (κ3) is 3.32. The van der Waals surface area contributed by atoms with Gasteiger partial charge in [0, 0.05) is 30.4 Å². The minimum absolute atomic E-state index is 0.0491. The van der Waals surface area contributed by atoms with Crippen LogP contribution in [0.1, 0.15) is 58.1 Å². The standard InChI is InChI=1S/C19H25F2NO2/c1-11-4-6-15-17(8-11)24-18(10-19(15,3)22-12(2)23)14-9-13(20)5-7-16(14)21/h5,7,9,11,15,17-18H,4,6,8,10H2,1-3H3,(H,22,23)/t11-,15-,17-,18-,19-/m1/s1. The molecule has 132 valence electrons. The Hall–Kier alpha value is -1.49. The lowest BCUT2D eigenvalue weighted by Gasteiger charge is -2.52. The van der Waals surface area contributed by atoms with Gasteiger partial charge >= 0.3 is 0 Å². The van der Waals surface area contributed by atoms with Crippen molar-refractivity contribution in [2.45, 2.75) is 64.2 Å². The normalized spacial score (nSPS) is 36.0. The number of fused-ring (bicyclic) bond motifs is 1. The van der Waals surface area contributed by atoms with Crippen LogP contribution in [0.2, 0.25) is 0 Å². The average Bonchev–Trinajstić information content (AvgIpc) is 2.48. The summed E-state index contributed by atoms with van der Waals surface area (Å²) in [7, 11) is 0. The second kappa shape index (κ2) is 6.43. The van der Waals surface area contributed by atoms with E-state index in [0.29, 0.717) is 12.3 Å². The second-order valence-electron chi connectivity index (χ2n) is 7.66. The number of hydrogen-bond acceptors (Lipinski definition) is 2. The molecule has 1 heterocycles. The zero-order valence-corrected chi connectivity index (χ0v) is 14.4. The van der Waals surface area contributed by atoms with E-state index in [0.717, 1.165) is 31.4 Å². The lowest BCUT2D eigenvalue weighted by atomic mass is 9.66. The van der Waals surface area contributed by atoms with Crippen molar-refractivity contribution in [2.24, 2.45) is 11.8 Å². The van der Waals surface area contributed by atoms with Gasteiger partial charge in [0.15, 0.2) is 0 Å². The number of benzene rings is 1. The van der Waals surface area contributed by atoms with Gasteiger partial charge in [-0.1, -0.05) is 13.3 Å². The van der Waals surface area contributed by atoms with Crippen LogP contribution in [0.4, 0.5) is 8.78 Å². The molecule has 1 aliphatic carbocycles. The summed E-state index contributed by atoms with van der Waals surface area (Å²) in [4.78, 5) is 11.7. The predicted molar refractivity (Wildman–Crippen MR) is 87.3 cm³/mol. The predicted octanol–water partition coefficient (Wildman–Crippen LogP) is 4.13. The van der Waals surface area contributed by atoms with Crippen molar-refractivity contribution in [3.63, 3.8) is 0 Å². The number of amides is 1. The number of halogens is 2. The molecule has 0 aromatic heterocycles. The highest BCUT2D eigenvalue weighted by atomic mass is 19.1. The molecule has 1 amide bonds. The highest BCUT2D eigenvalue weighted by Gasteiger charge is 2.49. The lowest BCUT2D eigenvalue weighted by molar-refractivity contribution is -0.153. The highest BCUT2D eigenvalue weighted by Crippen LogP contribution is 2.48. The summed E-state index contributed by atoms with van der Waals surface area (Å²) in [6.07, 6.45) is 2.80. The molecule has 2 aliphatic rings. The van der Waals surface area contributed by atoms with E-state index in [1.807, 2.05) is 6.92 Å². The molecule has 5 heteroatoms. The first-order valence-corrected chi connectivity index (χ1v) is 8.67. The van der Waals surface area contributed by atoms with Gasteiger partial charge in [0.05, 0.1) is 12.2 Å². The Bertz CT molecular complexity index is 636. The molecule has 3 rings (SSSR count). The minimum Gasteiger partial charge on any atom is -0.370 e. The summed E-state index contributed by atoms with van der Waals surface area (Å²) in [6.45, 7) is 5.69. The maximum Gasteiger partial charge on any atom is 0.217 e. The van der Waals surface area contributed by atoms with Crippen molar-refractivity contribution in [3.05, 3.63) is 35.4 Å². The highest BCUT2D eigenvalue weighted by molar-refractivity contribution is 5.73. The van der Waals surface area contributed by atoms with Gasteiger partial charge in [-0.2, -0.15) is 0 Å². The van der Waals surface area contributed by atoms with Crippen LogP contribution >= 0.6 is 0 Å². The summed E-state index contributed by atoms with van der Waals surface area (Å²) < 4.78 is 34.0. The molecular formula is C19H25F2NO2. The summed E-state index contributed by atoms with van der Waals surface area (Å²) in [5.41, 5.74) is -0.235. The molecule has 0 spiro atoms. The van der Waals surface area contributed by atoms with E-state index in [1.54, 1.807) is 0 Å². The molecule has 0 radical (unpaired) electrons. The largest absolute Gasteiger partial charge is 0.370 e. The van der Waals surface area contributed by atoms with Crippen molar-refractivity contribution in [3.8, 4) is 0 Å². The Kier molecular flexibility index (Phi) is 4.65. The lowest BCUT2D eigenvalue weighted by Crippen LogP contribution is -2.60. The zero-order valence-electron chi connectivity index (χ0n) is 14.4. The first kappa shape index (κ1) is 17.3. The van der Waals surface area contributed by atoms with Crippen molar-refractivity contribution in [1.29, 1.82) is 0 Å². The molecule has 1 saturated carbocycles. The quantitative estimate of drug-likeness (QED) is 0.881. The van der Waals surface area contributed by atoms with Gasteiger partial charge in [0.2, 0.25) is 5.91 Å². The van der Waals surface area contributed by atoms with Crippen LogP contribution in [0.3, 0.4) is 0 Å². The van der Waals surface area contributed by atoms with Gasteiger partial charge in [0.1, 0.15) is 11.6 Å². The fraction of sp³-hybridized carbons (Fsp3) is 0.632. The summed E-state index contributed by atoms with van der Waals surface area (Å²) in [5.74, 6) is -0.311. The van der Waals surface area contributed by atoms with Crippen LogP contribution in [-0.2, 0) is 9.53 Å². The SMILES string of the molecule is CC(=O)N[C@]1(C)C[C@H](c2cc(F)ccc2F)O[C@@H]2C[C@H](C)CC[C@H]21. The molecule has 0 unspecified atom stereocenters. The van der Waals surface area contributed by atoms with Crippen LogP contribution < -0.4 is 5.32 Å². The molecule has 1 saturated heterocycles. The van der Waals surface area contributed by atoms with Gasteiger partial charge in [-0.3, -0.25) is 4.79 Å². The second-order valence-corrected chi connectivity index (χ2v) is 7.66. The number of ether oxygens (including phenoxy) is 1. The van der Waals surface area contributed by atoms with Gasteiger partial charge < -0.3 is 10.1 Å². The first-order valence-electron chi connectivity index (χ1n) is 8.67. The average molecular weight is 337 g/mol. The molecule has 2 fully saturated rings. The Balaban J connectivity index is 1.94. The number of carbonyl (C=O) groups excluding carboxylic acids is 1.